The van der Waals surface area contributed by atoms with Crippen molar-refractivity contribution >= 4 is 23.9 Å². The molecule has 0 bridgehead atoms. The third-order valence-corrected chi connectivity index (χ3v) is 6.23. The molecule has 1 heterocycles. The van der Waals surface area contributed by atoms with Crippen LogP contribution in [0.15, 0.2) is 60.7 Å². The molecule has 0 aliphatic carbocycles. The fraction of sp³-hybridized carbons (Fsp3) is 0.263. The second-order valence-electron chi connectivity index (χ2n) is 5.32. The minimum atomic E-state index is 0.360. The second-order valence-corrected chi connectivity index (χ2v) is 7.60. The molecule has 3 rings (SSSR count). The van der Waals surface area contributed by atoms with Crippen LogP contribution in [-0.2, 0) is 0 Å². The van der Waals surface area contributed by atoms with Gasteiger partial charge in [-0.05, 0) is 0 Å². The summed E-state index contributed by atoms with van der Waals surface area (Å²) in [7, 11) is 0. The van der Waals surface area contributed by atoms with Gasteiger partial charge in [0.15, 0.2) is 0 Å². The summed E-state index contributed by atoms with van der Waals surface area (Å²) in [4.78, 5) is 0. The van der Waals surface area contributed by atoms with Crippen molar-refractivity contribution in [3.8, 4) is 0 Å². The molecular formula is C19H21NSe. The van der Waals surface area contributed by atoms with Gasteiger partial charge in [0.05, 0.1) is 0 Å². The van der Waals surface area contributed by atoms with Crippen LogP contribution in [0.3, 0.4) is 0 Å². The molecule has 0 fully saturated rings. The molecule has 21 heavy (non-hydrogen) atoms. The molecule has 1 unspecified atom stereocenters. The molecule has 1 aliphatic heterocycles. The zero-order valence-electron chi connectivity index (χ0n) is 12.4. The van der Waals surface area contributed by atoms with Crippen LogP contribution in [0.4, 0.5) is 0 Å². The summed E-state index contributed by atoms with van der Waals surface area (Å²) in [5.41, 5.74) is 2.84. The molecule has 0 radical (unpaired) electrons. The Bertz CT molecular complexity index is 618. The van der Waals surface area contributed by atoms with E-state index in [9.17, 15) is 0 Å². The number of fused-ring (bicyclic) bond motifs is 1. The van der Waals surface area contributed by atoms with Gasteiger partial charge in [-0.25, -0.2) is 0 Å². The number of benzene rings is 2. The zero-order chi connectivity index (χ0) is 14.5. The molecule has 2 heteroatoms. The molecule has 0 spiro atoms. The maximum absolute atomic E-state index is 3.71. The van der Waals surface area contributed by atoms with E-state index >= 15 is 0 Å². The van der Waals surface area contributed by atoms with Gasteiger partial charge in [0.1, 0.15) is 0 Å². The van der Waals surface area contributed by atoms with Gasteiger partial charge in [-0.2, -0.15) is 0 Å². The van der Waals surface area contributed by atoms with E-state index in [1.54, 1.807) is 0 Å². The van der Waals surface area contributed by atoms with Crippen molar-refractivity contribution in [2.45, 2.75) is 25.8 Å². The zero-order valence-corrected chi connectivity index (χ0v) is 14.1. The number of hydrogen-bond donors (Lipinski definition) is 1. The van der Waals surface area contributed by atoms with E-state index in [4.69, 9.17) is 0 Å². The van der Waals surface area contributed by atoms with Crippen molar-refractivity contribution in [2.75, 3.05) is 6.54 Å². The van der Waals surface area contributed by atoms with Crippen molar-refractivity contribution in [1.82, 2.24) is 5.32 Å². The Morgan fingerprint density at radius 3 is 2.57 bits per heavy atom. The van der Waals surface area contributed by atoms with Crippen LogP contribution in [0, 0.1) is 0 Å². The average Bonchev–Trinajstić information content (AvgIpc) is 2.55. The number of rotatable bonds is 5. The van der Waals surface area contributed by atoms with Crippen LogP contribution in [0.25, 0.3) is 4.47 Å². The Balaban J connectivity index is 1.89. The molecular weight excluding hydrogens is 321 g/mol. The summed E-state index contributed by atoms with van der Waals surface area (Å²) in [5.74, 6) is 0. The van der Waals surface area contributed by atoms with Gasteiger partial charge in [-0.3, -0.25) is 0 Å². The topological polar surface area (TPSA) is 12.0 Å². The van der Waals surface area contributed by atoms with Gasteiger partial charge in [0.2, 0.25) is 0 Å². The Morgan fingerprint density at radius 1 is 1.00 bits per heavy atom. The van der Waals surface area contributed by atoms with Gasteiger partial charge in [-0.1, -0.05) is 0 Å². The van der Waals surface area contributed by atoms with Crippen molar-refractivity contribution in [1.29, 1.82) is 0 Å². The fourth-order valence-electron chi connectivity index (χ4n) is 2.58. The predicted molar refractivity (Wildman–Crippen MR) is 91.9 cm³/mol. The second kappa shape index (κ2) is 7.08. The van der Waals surface area contributed by atoms with Crippen LogP contribution in [0.5, 0.6) is 0 Å². The first-order valence-corrected chi connectivity index (χ1v) is 9.37. The standard InChI is InChI=1S/C19H21NSe/c1-2-3-13-20-17-14-19(15-9-5-4-6-10-15)21-18-12-8-7-11-16(17)18/h4-12,14,17,20H,2-3,13H2,1H3. The third kappa shape index (κ3) is 3.47. The molecule has 2 aromatic carbocycles. The van der Waals surface area contributed by atoms with E-state index in [1.807, 2.05) is 0 Å². The average molecular weight is 342 g/mol. The van der Waals surface area contributed by atoms with Crippen LogP contribution in [0.2, 0.25) is 0 Å². The minimum absolute atomic E-state index is 0.360. The Labute approximate surface area is 133 Å². The quantitative estimate of drug-likeness (QED) is 0.648. The van der Waals surface area contributed by atoms with Gasteiger partial charge in [0.25, 0.3) is 0 Å². The molecule has 1 atom stereocenters. The molecule has 1 aliphatic rings. The van der Waals surface area contributed by atoms with Crippen molar-refractivity contribution < 1.29 is 0 Å². The van der Waals surface area contributed by atoms with E-state index in [0.717, 1.165) is 6.54 Å². The SMILES string of the molecule is CCCCNC1C=C(c2ccccc2)[Se]c2ccccc21. The van der Waals surface area contributed by atoms with Gasteiger partial charge < -0.3 is 0 Å². The molecule has 0 aromatic heterocycles. The van der Waals surface area contributed by atoms with Gasteiger partial charge in [0, 0.05) is 0 Å². The monoisotopic (exact) mass is 343 g/mol. The fourth-order valence-corrected chi connectivity index (χ4v) is 5.01. The van der Waals surface area contributed by atoms with Crippen LogP contribution in [-0.4, -0.2) is 21.5 Å². The van der Waals surface area contributed by atoms with Crippen LogP contribution in [0.1, 0.15) is 36.9 Å². The molecule has 1 nitrogen and oxygen atoms in total. The molecule has 0 saturated carbocycles. The molecule has 1 N–H and O–H groups in total. The number of unbranched alkanes of at least 4 members (excludes halogenated alkanes) is 1. The molecule has 0 saturated heterocycles. The first-order valence-electron chi connectivity index (χ1n) is 7.66. The summed E-state index contributed by atoms with van der Waals surface area (Å²) in [6.07, 6.45) is 4.91. The summed E-state index contributed by atoms with van der Waals surface area (Å²) in [6.45, 7) is 3.33. The predicted octanol–water partition coefficient (Wildman–Crippen LogP) is 3.50. The summed E-state index contributed by atoms with van der Waals surface area (Å²) >= 11 is 0.404. The Kier molecular flexibility index (Phi) is 4.92. The summed E-state index contributed by atoms with van der Waals surface area (Å²) in [6, 6.07) is 20.1. The summed E-state index contributed by atoms with van der Waals surface area (Å²) < 4.78 is 3.01. The van der Waals surface area contributed by atoms with E-state index in [2.05, 4.69) is 72.9 Å². The van der Waals surface area contributed by atoms with Crippen LogP contribution >= 0.6 is 0 Å². The first-order chi connectivity index (χ1) is 10.4. The number of nitrogens with one attached hydrogen (secondary N) is 1. The third-order valence-electron chi connectivity index (χ3n) is 3.74. The molecule has 2 aromatic rings. The first kappa shape index (κ1) is 14.6. The van der Waals surface area contributed by atoms with Crippen molar-refractivity contribution in [2.24, 2.45) is 0 Å². The maximum atomic E-state index is 3.71. The summed E-state index contributed by atoms with van der Waals surface area (Å²) in [5, 5.41) is 3.71. The normalized spacial score (nSPS) is 17.2. The van der Waals surface area contributed by atoms with Gasteiger partial charge >= 0.3 is 133 Å². The van der Waals surface area contributed by atoms with Crippen molar-refractivity contribution in [3.05, 3.63) is 71.8 Å². The number of hydrogen-bond acceptors (Lipinski definition) is 1. The van der Waals surface area contributed by atoms with Gasteiger partial charge in [-0.15, -0.1) is 0 Å². The Hall–Kier alpha value is -1.34. The van der Waals surface area contributed by atoms with E-state index in [-0.39, 0.29) is 0 Å². The Morgan fingerprint density at radius 2 is 1.76 bits per heavy atom. The van der Waals surface area contributed by atoms with Crippen LogP contribution < -0.4 is 9.78 Å². The van der Waals surface area contributed by atoms with E-state index in [0.29, 0.717) is 21.0 Å². The van der Waals surface area contributed by atoms with E-state index in [1.165, 1.54) is 32.9 Å². The molecule has 0 amide bonds. The van der Waals surface area contributed by atoms with Crippen molar-refractivity contribution in [3.63, 3.8) is 0 Å². The molecule has 108 valence electrons. The van der Waals surface area contributed by atoms with E-state index < -0.39 is 0 Å².